The number of ether oxygens (including phenoxy) is 2. The third-order valence-electron chi connectivity index (χ3n) is 6.71. The smallest absolute Gasteiger partial charge is 0.423 e. The Kier molecular flexibility index (Phi) is 9.30. The van der Waals surface area contributed by atoms with Crippen LogP contribution in [0.4, 0.5) is 18.0 Å². The number of aromatic amines is 1. The number of aromatic nitrogens is 2. The monoisotopic (exact) mass is 616 g/mol. The number of alkyl carbamates (subject to hydrolysis) is 1. The number of amides is 2. The number of fused-ring (bicyclic) bond motifs is 3. The summed E-state index contributed by atoms with van der Waals surface area (Å²) < 4.78 is 50.7. The quantitative estimate of drug-likeness (QED) is 0.352. The number of nitrogens with zero attached hydrogens (tertiary/aromatic N) is 2. The molecule has 2 aromatic carbocycles. The number of hydrogen-bond acceptors (Lipinski definition) is 7. The van der Waals surface area contributed by atoms with Crippen LogP contribution >= 0.6 is 0 Å². The zero-order valence-electron chi connectivity index (χ0n) is 24.2. The number of halogens is 3. The van der Waals surface area contributed by atoms with Crippen LogP contribution in [0.2, 0.25) is 0 Å². The van der Waals surface area contributed by atoms with E-state index in [9.17, 15) is 37.1 Å². The molecule has 0 saturated carbocycles. The lowest BCUT2D eigenvalue weighted by Crippen LogP contribution is -2.46. The van der Waals surface area contributed by atoms with Crippen molar-refractivity contribution in [1.29, 1.82) is 0 Å². The normalized spacial score (nSPS) is 12.7. The molecule has 4 rings (SSSR count). The summed E-state index contributed by atoms with van der Waals surface area (Å²) in [4.78, 5) is 64.3. The van der Waals surface area contributed by atoms with E-state index in [0.29, 0.717) is 4.57 Å². The fraction of sp³-hybridized carbons (Fsp3) is 0.367. The molecule has 1 aromatic heterocycles. The molecule has 2 amide bonds. The highest BCUT2D eigenvalue weighted by Crippen LogP contribution is 2.44. The molecule has 44 heavy (non-hydrogen) atoms. The number of carbonyl (C=O) groups is 3. The van der Waals surface area contributed by atoms with Crippen molar-refractivity contribution in [1.82, 2.24) is 19.8 Å². The van der Waals surface area contributed by atoms with Crippen LogP contribution in [0.1, 0.15) is 43.4 Å². The fourth-order valence-electron chi connectivity index (χ4n) is 4.84. The van der Waals surface area contributed by atoms with Crippen molar-refractivity contribution in [3.05, 3.63) is 92.3 Å². The first kappa shape index (κ1) is 32.0. The first-order valence-electron chi connectivity index (χ1n) is 13.6. The van der Waals surface area contributed by atoms with Gasteiger partial charge in [0.2, 0.25) is 5.91 Å². The highest BCUT2D eigenvalue weighted by Gasteiger charge is 2.35. The number of rotatable bonds is 9. The van der Waals surface area contributed by atoms with E-state index in [1.165, 1.54) is 4.98 Å². The summed E-state index contributed by atoms with van der Waals surface area (Å²) in [5.41, 5.74) is -1.32. The van der Waals surface area contributed by atoms with Gasteiger partial charge in [-0.05, 0) is 43.0 Å². The Hall–Kier alpha value is -4.88. The minimum absolute atomic E-state index is 0.0388. The second-order valence-electron chi connectivity index (χ2n) is 11.1. The van der Waals surface area contributed by atoms with Gasteiger partial charge in [0.25, 0.3) is 5.56 Å². The average molecular weight is 617 g/mol. The van der Waals surface area contributed by atoms with Gasteiger partial charge in [-0.2, -0.15) is 13.2 Å². The number of H-pyrrole nitrogens is 1. The molecule has 1 heterocycles. The van der Waals surface area contributed by atoms with Gasteiger partial charge in [0, 0.05) is 25.2 Å². The van der Waals surface area contributed by atoms with Crippen molar-refractivity contribution in [2.24, 2.45) is 0 Å². The van der Waals surface area contributed by atoms with Gasteiger partial charge >= 0.3 is 23.9 Å². The van der Waals surface area contributed by atoms with Crippen LogP contribution in [-0.4, -0.2) is 64.3 Å². The van der Waals surface area contributed by atoms with E-state index in [-0.39, 0.29) is 31.8 Å². The van der Waals surface area contributed by atoms with Gasteiger partial charge in [0.1, 0.15) is 30.9 Å². The maximum absolute atomic E-state index is 13.2. The van der Waals surface area contributed by atoms with Crippen LogP contribution < -0.4 is 16.6 Å². The number of hydrogen-bond donors (Lipinski definition) is 2. The second kappa shape index (κ2) is 12.8. The van der Waals surface area contributed by atoms with E-state index >= 15 is 0 Å². The number of carbonyl (C=O) groups excluding carboxylic acids is 3. The SMILES string of the molecule is CC(C)(C)OC(=O)CN(CCNC(=O)OCC1c2ccccc2-c2ccccc21)C(=O)Cn1cc(C(F)(F)F)c(=O)[nH]c1=O. The van der Waals surface area contributed by atoms with Crippen molar-refractivity contribution >= 4 is 18.0 Å². The summed E-state index contributed by atoms with van der Waals surface area (Å²) in [6.45, 7) is 2.85. The molecule has 1 aliphatic carbocycles. The fourth-order valence-corrected chi connectivity index (χ4v) is 4.84. The molecule has 0 radical (unpaired) electrons. The second-order valence-corrected chi connectivity index (χ2v) is 11.1. The molecule has 0 spiro atoms. The van der Waals surface area contributed by atoms with E-state index in [1.54, 1.807) is 20.8 Å². The van der Waals surface area contributed by atoms with Crippen LogP contribution in [0.25, 0.3) is 11.1 Å². The van der Waals surface area contributed by atoms with Gasteiger partial charge in [-0.15, -0.1) is 0 Å². The minimum atomic E-state index is -5.07. The molecule has 0 fully saturated rings. The van der Waals surface area contributed by atoms with Crippen LogP contribution in [0.3, 0.4) is 0 Å². The number of alkyl halides is 3. The molecule has 11 nitrogen and oxygen atoms in total. The standard InChI is InChI=1S/C30H31F3N4O7/c1-29(2,3)44-25(39)16-36(24(38)15-37-14-23(30(31,32)33)26(40)35-27(37)41)13-12-34-28(42)43-17-22-20-10-6-4-8-18(20)19-9-5-7-11-21(19)22/h4-11,14,22H,12-13,15-17H2,1-3H3,(H,34,42)(H,35,40,41). The molecule has 0 atom stereocenters. The van der Waals surface area contributed by atoms with Crippen LogP contribution in [0.5, 0.6) is 0 Å². The summed E-state index contributed by atoms with van der Waals surface area (Å²) in [6.07, 6.45) is -5.63. The lowest BCUT2D eigenvalue weighted by molar-refractivity contribution is -0.159. The predicted molar refractivity (Wildman–Crippen MR) is 152 cm³/mol. The highest BCUT2D eigenvalue weighted by atomic mass is 19.4. The molecule has 14 heteroatoms. The van der Waals surface area contributed by atoms with Gasteiger partial charge in [-0.1, -0.05) is 48.5 Å². The Morgan fingerprint density at radius 3 is 2.14 bits per heavy atom. The summed E-state index contributed by atoms with van der Waals surface area (Å²) in [7, 11) is 0. The molecule has 1 aliphatic rings. The third kappa shape index (κ3) is 7.74. The van der Waals surface area contributed by atoms with Gasteiger partial charge in [0.05, 0.1) is 0 Å². The summed E-state index contributed by atoms with van der Waals surface area (Å²) in [6, 6.07) is 15.6. The number of nitrogens with one attached hydrogen (secondary N) is 2. The van der Waals surface area contributed by atoms with E-state index in [1.807, 2.05) is 48.5 Å². The van der Waals surface area contributed by atoms with Crippen molar-refractivity contribution in [2.75, 3.05) is 26.2 Å². The van der Waals surface area contributed by atoms with E-state index in [0.717, 1.165) is 27.2 Å². The van der Waals surface area contributed by atoms with Gasteiger partial charge in [0.15, 0.2) is 0 Å². The number of esters is 1. The van der Waals surface area contributed by atoms with Crippen molar-refractivity contribution in [2.45, 2.75) is 45.0 Å². The van der Waals surface area contributed by atoms with E-state index in [2.05, 4.69) is 5.32 Å². The molecule has 0 bridgehead atoms. The molecule has 2 N–H and O–H groups in total. The molecule has 0 unspecified atom stereocenters. The van der Waals surface area contributed by atoms with Crippen molar-refractivity contribution in [3.63, 3.8) is 0 Å². The Morgan fingerprint density at radius 1 is 0.977 bits per heavy atom. The third-order valence-corrected chi connectivity index (χ3v) is 6.71. The van der Waals surface area contributed by atoms with Gasteiger partial charge < -0.3 is 19.7 Å². The Bertz CT molecular complexity index is 1630. The topological polar surface area (TPSA) is 140 Å². The van der Waals surface area contributed by atoms with Crippen molar-refractivity contribution in [3.8, 4) is 11.1 Å². The molecule has 0 aliphatic heterocycles. The molecular formula is C30H31F3N4O7. The molecule has 234 valence electrons. The summed E-state index contributed by atoms with van der Waals surface area (Å²) in [5, 5.41) is 2.50. The van der Waals surface area contributed by atoms with Crippen molar-refractivity contribution < 1.29 is 37.0 Å². The first-order chi connectivity index (χ1) is 20.6. The zero-order chi connectivity index (χ0) is 32.2. The van der Waals surface area contributed by atoms with Gasteiger partial charge in [-0.25, -0.2) is 9.59 Å². The van der Waals surface area contributed by atoms with E-state index < -0.39 is 59.6 Å². The Morgan fingerprint density at radius 2 is 1.57 bits per heavy atom. The summed E-state index contributed by atoms with van der Waals surface area (Å²) >= 11 is 0. The number of benzene rings is 2. The lowest BCUT2D eigenvalue weighted by Gasteiger charge is -2.25. The maximum Gasteiger partial charge on any atom is 0.423 e. The Balaban J connectivity index is 1.41. The maximum atomic E-state index is 13.2. The average Bonchev–Trinajstić information content (AvgIpc) is 3.24. The molecular weight excluding hydrogens is 585 g/mol. The predicted octanol–water partition coefficient (Wildman–Crippen LogP) is 3.26. The highest BCUT2D eigenvalue weighted by molar-refractivity contribution is 5.82. The minimum Gasteiger partial charge on any atom is -0.459 e. The lowest BCUT2D eigenvalue weighted by atomic mass is 9.98. The first-order valence-corrected chi connectivity index (χ1v) is 13.6. The van der Waals surface area contributed by atoms with E-state index in [4.69, 9.17) is 9.47 Å². The summed E-state index contributed by atoms with van der Waals surface area (Å²) in [5.74, 6) is -1.94. The molecule has 3 aromatic rings. The largest absolute Gasteiger partial charge is 0.459 e. The molecule has 0 saturated heterocycles. The Labute approximate surface area is 249 Å². The van der Waals surface area contributed by atoms with Gasteiger partial charge in [-0.3, -0.25) is 23.9 Å². The zero-order valence-corrected chi connectivity index (χ0v) is 24.2. The van der Waals surface area contributed by atoms with Crippen LogP contribution in [-0.2, 0) is 31.8 Å². The van der Waals surface area contributed by atoms with Crippen LogP contribution in [0, 0.1) is 0 Å². The van der Waals surface area contributed by atoms with Crippen LogP contribution in [0.15, 0.2) is 64.3 Å².